The zero-order valence-electron chi connectivity index (χ0n) is 11.4. The Morgan fingerprint density at radius 1 is 1.50 bits per heavy atom. The van der Waals surface area contributed by atoms with Crippen molar-refractivity contribution < 1.29 is 9.53 Å². The van der Waals surface area contributed by atoms with Gasteiger partial charge in [-0.05, 0) is 42.9 Å². The first kappa shape index (κ1) is 12.1. The normalized spacial score (nSPS) is 34.5. The summed E-state index contributed by atoms with van der Waals surface area (Å²) in [5.74, 6) is 0.864. The van der Waals surface area contributed by atoms with Crippen LogP contribution in [0.5, 0.6) is 0 Å². The standard InChI is InChI=1S/C15H19N3O2/c19-14(20-8-10-1-2-10)15-6-11-7-17-18-13(11)5-12(15)3-4-16-9-15/h3-5,10-11,17-18H,1-2,6-9H2. The SMILES string of the molecule is O=C(OCC1CC1)C12CN=CC=C1C=C1NNCC1C2. The molecule has 2 heterocycles. The van der Waals surface area contributed by atoms with Crippen LogP contribution in [-0.4, -0.2) is 31.9 Å². The van der Waals surface area contributed by atoms with Gasteiger partial charge < -0.3 is 10.2 Å². The minimum absolute atomic E-state index is 0.0882. The molecule has 4 aliphatic rings. The summed E-state index contributed by atoms with van der Waals surface area (Å²) in [6.45, 7) is 1.96. The van der Waals surface area contributed by atoms with Gasteiger partial charge in [-0.1, -0.05) is 0 Å². The van der Waals surface area contributed by atoms with Gasteiger partial charge >= 0.3 is 5.97 Å². The maximum Gasteiger partial charge on any atom is 0.318 e. The molecule has 0 spiro atoms. The van der Waals surface area contributed by atoms with E-state index in [2.05, 4.69) is 21.9 Å². The van der Waals surface area contributed by atoms with Gasteiger partial charge in [0, 0.05) is 24.4 Å². The fraction of sp³-hybridized carbons (Fsp3) is 0.600. The van der Waals surface area contributed by atoms with Crippen LogP contribution in [-0.2, 0) is 9.53 Å². The smallest absolute Gasteiger partial charge is 0.318 e. The number of hydrazine groups is 1. The molecule has 0 aromatic heterocycles. The molecule has 2 fully saturated rings. The second kappa shape index (κ2) is 4.45. The van der Waals surface area contributed by atoms with Crippen LogP contribution in [0.2, 0.25) is 0 Å². The molecule has 0 amide bonds. The van der Waals surface area contributed by atoms with Crippen LogP contribution in [0, 0.1) is 17.3 Å². The van der Waals surface area contributed by atoms with E-state index in [0.717, 1.165) is 18.5 Å². The molecule has 0 bridgehead atoms. The number of carbonyl (C=O) groups excluding carboxylic acids is 1. The minimum Gasteiger partial charge on any atom is -0.465 e. The van der Waals surface area contributed by atoms with Gasteiger partial charge in [0.25, 0.3) is 0 Å². The Labute approximate surface area is 118 Å². The molecule has 2 atom stereocenters. The molecule has 1 saturated carbocycles. The van der Waals surface area contributed by atoms with Crippen molar-refractivity contribution in [2.75, 3.05) is 19.7 Å². The predicted molar refractivity (Wildman–Crippen MR) is 74.9 cm³/mol. The Bertz CT molecular complexity index is 533. The molecule has 106 valence electrons. The Morgan fingerprint density at radius 2 is 2.40 bits per heavy atom. The van der Waals surface area contributed by atoms with Crippen molar-refractivity contribution in [2.24, 2.45) is 22.2 Å². The van der Waals surface area contributed by atoms with Gasteiger partial charge in [0.15, 0.2) is 0 Å². The zero-order valence-corrected chi connectivity index (χ0v) is 11.4. The average molecular weight is 273 g/mol. The van der Waals surface area contributed by atoms with Gasteiger partial charge in [-0.15, -0.1) is 0 Å². The lowest BCUT2D eigenvalue weighted by Gasteiger charge is -2.38. The van der Waals surface area contributed by atoms with Crippen LogP contribution in [0.25, 0.3) is 0 Å². The molecule has 4 rings (SSSR count). The van der Waals surface area contributed by atoms with E-state index in [0.29, 0.717) is 25.0 Å². The summed E-state index contributed by atoms with van der Waals surface area (Å²) in [5, 5.41) is 0. The van der Waals surface area contributed by atoms with Crippen LogP contribution >= 0.6 is 0 Å². The van der Waals surface area contributed by atoms with Crippen LogP contribution in [0.15, 0.2) is 28.4 Å². The van der Waals surface area contributed by atoms with E-state index in [1.807, 2.05) is 6.08 Å². The molecule has 20 heavy (non-hydrogen) atoms. The summed E-state index contributed by atoms with van der Waals surface area (Å²) in [5.41, 5.74) is 7.99. The van der Waals surface area contributed by atoms with Crippen LogP contribution < -0.4 is 10.9 Å². The molecule has 0 aromatic rings. The van der Waals surface area contributed by atoms with Crippen molar-refractivity contribution >= 4 is 12.2 Å². The Kier molecular flexibility index (Phi) is 2.70. The summed E-state index contributed by atoms with van der Waals surface area (Å²) < 4.78 is 5.59. The number of carbonyl (C=O) groups is 1. The Morgan fingerprint density at radius 3 is 3.25 bits per heavy atom. The molecule has 2 unspecified atom stereocenters. The predicted octanol–water partition coefficient (Wildman–Crippen LogP) is 0.948. The van der Waals surface area contributed by atoms with Gasteiger partial charge in [0.1, 0.15) is 5.41 Å². The molecule has 0 aromatic carbocycles. The average Bonchev–Trinajstić information content (AvgIpc) is 3.19. The van der Waals surface area contributed by atoms with E-state index in [-0.39, 0.29) is 5.97 Å². The first-order valence-electron chi connectivity index (χ1n) is 7.36. The molecule has 5 nitrogen and oxygen atoms in total. The summed E-state index contributed by atoms with van der Waals surface area (Å²) >= 11 is 0. The van der Waals surface area contributed by atoms with Gasteiger partial charge in [-0.25, -0.2) is 5.43 Å². The van der Waals surface area contributed by atoms with Gasteiger partial charge in [-0.2, -0.15) is 0 Å². The van der Waals surface area contributed by atoms with Gasteiger partial charge in [0.2, 0.25) is 0 Å². The molecule has 0 radical (unpaired) electrons. The van der Waals surface area contributed by atoms with Crippen molar-refractivity contribution in [3.63, 3.8) is 0 Å². The number of hydrogen-bond donors (Lipinski definition) is 2. The maximum atomic E-state index is 12.7. The quantitative estimate of drug-likeness (QED) is 0.752. The van der Waals surface area contributed by atoms with Crippen molar-refractivity contribution in [3.8, 4) is 0 Å². The van der Waals surface area contributed by atoms with Crippen LogP contribution in [0.1, 0.15) is 19.3 Å². The van der Waals surface area contributed by atoms with Crippen molar-refractivity contribution in [1.29, 1.82) is 0 Å². The van der Waals surface area contributed by atoms with E-state index in [9.17, 15) is 4.79 Å². The largest absolute Gasteiger partial charge is 0.465 e. The van der Waals surface area contributed by atoms with Crippen LogP contribution in [0.4, 0.5) is 0 Å². The van der Waals surface area contributed by atoms with E-state index >= 15 is 0 Å². The molecule has 2 aliphatic carbocycles. The molecular formula is C15H19N3O2. The van der Waals surface area contributed by atoms with E-state index < -0.39 is 5.41 Å². The lowest BCUT2D eigenvalue weighted by molar-refractivity contribution is -0.154. The lowest BCUT2D eigenvalue weighted by Crippen LogP contribution is -2.43. The summed E-state index contributed by atoms with van der Waals surface area (Å²) in [7, 11) is 0. The van der Waals surface area contributed by atoms with Crippen molar-refractivity contribution in [2.45, 2.75) is 19.3 Å². The number of allylic oxidation sites excluding steroid dienone is 2. The second-order valence-corrected chi connectivity index (χ2v) is 6.24. The maximum absolute atomic E-state index is 12.7. The van der Waals surface area contributed by atoms with Gasteiger partial charge in [-0.3, -0.25) is 9.79 Å². The van der Waals surface area contributed by atoms with Gasteiger partial charge in [0.05, 0.1) is 13.2 Å². The first-order valence-corrected chi connectivity index (χ1v) is 7.36. The number of fused-ring (bicyclic) bond motifs is 2. The molecule has 1 saturated heterocycles. The fourth-order valence-corrected chi connectivity index (χ4v) is 3.26. The number of nitrogens with zero attached hydrogens (tertiary/aromatic N) is 1. The number of dihydropyridines is 1. The summed E-state index contributed by atoms with van der Waals surface area (Å²) in [6, 6.07) is 0. The molecular weight excluding hydrogens is 254 g/mol. The Balaban J connectivity index is 1.61. The van der Waals surface area contributed by atoms with Crippen LogP contribution in [0.3, 0.4) is 0 Å². The number of ether oxygens (including phenoxy) is 1. The highest BCUT2D eigenvalue weighted by atomic mass is 16.5. The third kappa shape index (κ3) is 1.88. The van der Waals surface area contributed by atoms with E-state index in [1.165, 1.54) is 18.5 Å². The number of esters is 1. The number of aliphatic imine (C=N–C) groups is 1. The van der Waals surface area contributed by atoms with E-state index in [4.69, 9.17) is 4.74 Å². The topological polar surface area (TPSA) is 62.7 Å². The monoisotopic (exact) mass is 273 g/mol. The highest BCUT2D eigenvalue weighted by Crippen LogP contribution is 2.45. The van der Waals surface area contributed by atoms with Crippen molar-refractivity contribution in [3.05, 3.63) is 23.4 Å². The molecule has 5 heteroatoms. The Hall–Kier alpha value is -1.62. The fourth-order valence-electron chi connectivity index (χ4n) is 3.26. The first-order chi connectivity index (χ1) is 9.78. The third-order valence-electron chi connectivity index (χ3n) is 4.74. The highest BCUT2D eigenvalue weighted by Gasteiger charge is 2.49. The molecule has 2 aliphatic heterocycles. The lowest BCUT2D eigenvalue weighted by atomic mass is 9.68. The zero-order chi connectivity index (χ0) is 13.6. The molecule has 2 N–H and O–H groups in total. The number of nitrogens with one attached hydrogen (secondary N) is 2. The summed E-state index contributed by atoms with van der Waals surface area (Å²) in [6.07, 6.45) is 9.01. The third-order valence-corrected chi connectivity index (χ3v) is 4.74. The van der Waals surface area contributed by atoms with E-state index in [1.54, 1.807) is 6.21 Å². The number of hydrogen-bond acceptors (Lipinski definition) is 5. The highest BCUT2D eigenvalue weighted by molar-refractivity contribution is 5.88. The van der Waals surface area contributed by atoms with Crippen molar-refractivity contribution in [1.82, 2.24) is 10.9 Å². The minimum atomic E-state index is -0.564. The number of rotatable bonds is 3. The second-order valence-electron chi connectivity index (χ2n) is 6.24. The summed E-state index contributed by atoms with van der Waals surface area (Å²) in [4.78, 5) is 17.0.